The summed E-state index contributed by atoms with van der Waals surface area (Å²) in [5.74, 6) is 0.396. The van der Waals surface area contributed by atoms with Crippen LogP contribution in [0.3, 0.4) is 0 Å². The maximum atomic E-state index is 12.0. The summed E-state index contributed by atoms with van der Waals surface area (Å²) in [6.45, 7) is 6.16. The van der Waals surface area contributed by atoms with Gasteiger partial charge in [0.1, 0.15) is 0 Å². The van der Waals surface area contributed by atoms with Gasteiger partial charge in [-0.05, 0) is 18.6 Å². The Morgan fingerprint density at radius 1 is 1.40 bits per heavy atom. The molecule has 20 heavy (non-hydrogen) atoms. The first-order chi connectivity index (χ1) is 9.56. The van der Waals surface area contributed by atoms with Gasteiger partial charge in [-0.2, -0.15) is 0 Å². The van der Waals surface area contributed by atoms with Crippen molar-refractivity contribution in [3.8, 4) is 0 Å². The van der Waals surface area contributed by atoms with Crippen LogP contribution in [0, 0.1) is 0 Å². The smallest absolute Gasteiger partial charge is 0.226 e. The van der Waals surface area contributed by atoms with Gasteiger partial charge in [-0.1, -0.05) is 19.9 Å². The summed E-state index contributed by atoms with van der Waals surface area (Å²) in [7, 11) is 0. The molecule has 0 spiro atoms. The van der Waals surface area contributed by atoms with Crippen molar-refractivity contribution in [3.05, 3.63) is 46.2 Å². The Hall–Kier alpha value is -1.75. The third kappa shape index (κ3) is 3.87. The lowest BCUT2D eigenvalue weighted by Crippen LogP contribution is -2.28. The standard InChI is InChI=1S/C15H19N3OS/c1-10(2)15-18-13(9-20-15)7-14(19)17-11(3)12-5-4-6-16-8-12/h4-6,8-11H,7H2,1-3H3,(H,17,19)/t11-/m0/s1. The van der Waals surface area contributed by atoms with Crippen LogP contribution in [0.25, 0.3) is 0 Å². The molecule has 0 saturated heterocycles. The van der Waals surface area contributed by atoms with Crippen LogP contribution in [0.1, 0.15) is 49.0 Å². The summed E-state index contributed by atoms with van der Waals surface area (Å²) >= 11 is 1.61. The number of amides is 1. The van der Waals surface area contributed by atoms with Gasteiger partial charge in [-0.25, -0.2) is 4.98 Å². The van der Waals surface area contributed by atoms with Crippen LogP contribution in [0.2, 0.25) is 0 Å². The third-order valence-electron chi connectivity index (χ3n) is 2.97. The summed E-state index contributed by atoms with van der Waals surface area (Å²) in [6.07, 6.45) is 3.82. The Labute approximate surface area is 123 Å². The Morgan fingerprint density at radius 3 is 2.80 bits per heavy atom. The number of hydrogen-bond donors (Lipinski definition) is 1. The van der Waals surface area contributed by atoms with Crippen LogP contribution in [-0.2, 0) is 11.2 Å². The Kier molecular flexibility index (Phi) is 4.84. The van der Waals surface area contributed by atoms with Crippen molar-refractivity contribution in [3.63, 3.8) is 0 Å². The number of thiazole rings is 1. The van der Waals surface area contributed by atoms with Gasteiger partial charge in [-0.3, -0.25) is 9.78 Å². The van der Waals surface area contributed by atoms with E-state index in [1.807, 2.05) is 24.4 Å². The van der Waals surface area contributed by atoms with Crippen LogP contribution < -0.4 is 5.32 Å². The molecule has 2 aromatic rings. The van der Waals surface area contributed by atoms with Crippen LogP contribution in [0.5, 0.6) is 0 Å². The van der Waals surface area contributed by atoms with Crippen molar-refractivity contribution in [2.24, 2.45) is 0 Å². The zero-order chi connectivity index (χ0) is 14.5. The number of rotatable bonds is 5. The molecule has 2 rings (SSSR count). The van der Waals surface area contributed by atoms with Crippen LogP contribution >= 0.6 is 11.3 Å². The van der Waals surface area contributed by atoms with Gasteiger partial charge >= 0.3 is 0 Å². The number of aromatic nitrogens is 2. The molecule has 0 fully saturated rings. The molecule has 2 aromatic heterocycles. The third-order valence-corrected chi connectivity index (χ3v) is 4.16. The molecule has 106 valence electrons. The first-order valence-electron chi connectivity index (χ1n) is 6.70. The zero-order valence-corrected chi connectivity index (χ0v) is 12.8. The molecule has 0 aliphatic heterocycles. The van der Waals surface area contributed by atoms with Gasteiger partial charge in [0, 0.05) is 23.7 Å². The molecule has 5 heteroatoms. The van der Waals surface area contributed by atoms with Crippen LogP contribution in [0.4, 0.5) is 0 Å². The van der Waals surface area contributed by atoms with Gasteiger partial charge < -0.3 is 5.32 Å². The summed E-state index contributed by atoms with van der Waals surface area (Å²) in [5.41, 5.74) is 1.84. The van der Waals surface area contributed by atoms with Crippen molar-refractivity contribution >= 4 is 17.2 Å². The minimum atomic E-state index is -0.0422. The van der Waals surface area contributed by atoms with E-state index in [-0.39, 0.29) is 11.9 Å². The summed E-state index contributed by atoms with van der Waals surface area (Å²) < 4.78 is 0. The number of carbonyl (C=O) groups is 1. The van der Waals surface area contributed by atoms with E-state index in [0.717, 1.165) is 16.3 Å². The Bertz CT molecular complexity index is 566. The topological polar surface area (TPSA) is 54.9 Å². The molecule has 0 aliphatic carbocycles. The van der Waals surface area contributed by atoms with Gasteiger partial charge in [0.05, 0.1) is 23.2 Å². The van der Waals surface area contributed by atoms with Gasteiger partial charge in [0.2, 0.25) is 5.91 Å². The van der Waals surface area contributed by atoms with E-state index in [4.69, 9.17) is 0 Å². The van der Waals surface area contributed by atoms with Crippen molar-refractivity contribution < 1.29 is 4.79 Å². The summed E-state index contributed by atoms with van der Waals surface area (Å²) in [4.78, 5) is 20.5. The fourth-order valence-electron chi connectivity index (χ4n) is 1.84. The van der Waals surface area contributed by atoms with E-state index in [0.29, 0.717) is 12.3 Å². The summed E-state index contributed by atoms with van der Waals surface area (Å²) in [5, 5.41) is 6.01. The predicted molar refractivity (Wildman–Crippen MR) is 80.7 cm³/mol. The molecule has 2 heterocycles. The van der Waals surface area contributed by atoms with E-state index in [2.05, 4.69) is 29.1 Å². The average molecular weight is 289 g/mol. The first kappa shape index (κ1) is 14.7. The molecule has 1 amide bonds. The molecule has 0 aromatic carbocycles. The molecular formula is C15H19N3OS. The zero-order valence-electron chi connectivity index (χ0n) is 12.0. The Balaban J connectivity index is 1.92. The number of carbonyl (C=O) groups excluding carboxylic acids is 1. The van der Waals surface area contributed by atoms with Crippen molar-refractivity contribution in [1.29, 1.82) is 0 Å². The SMILES string of the molecule is CC(C)c1nc(CC(=O)N[C@@H](C)c2cccnc2)cs1. The second kappa shape index (κ2) is 6.61. The summed E-state index contributed by atoms with van der Waals surface area (Å²) in [6, 6.07) is 3.78. The van der Waals surface area contributed by atoms with E-state index in [1.165, 1.54) is 0 Å². The second-order valence-corrected chi connectivity index (χ2v) is 5.97. The highest BCUT2D eigenvalue weighted by Crippen LogP contribution is 2.19. The second-order valence-electron chi connectivity index (χ2n) is 5.08. The molecular weight excluding hydrogens is 270 g/mol. The average Bonchev–Trinajstić information content (AvgIpc) is 2.88. The number of pyridine rings is 1. The fraction of sp³-hybridized carbons (Fsp3) is 0.400. The normalized spacial score (nSPS) is 12.4. The maximum absolute atomic E-state index is 12.0. The quantitative estimate of drug-likeness (QED) is 0.920. The lowest BCUT2D eigenvalue weighted by Gasteiger charge is -2.13. The maximum Gasteiger partial charge on any atom is 0.226 e. The number of nitrogens with zero attached hydrogens (tertiary/aromatic N) is 2. The molecule has 4 nitrogen and oxygen atoms in total. The van der Waals surface area contributed by atoms with E-state index in [9.17, 15) is 4.79 Å². The molecule has 0 saturated carbocycles. The minimum Gasteiger partial charge on any atom is -0.349 e. The van der Waals surface area contributed by atoms with Gasteiger partial charge in [-0.15, -0.1) is 11.3 Å². The fourth-order valence-corrected chi connectivity index (χ4v) is 2.68. The highest BCUT2D eigenvalue weighted by molar-refractivity contribution is 7.09. The molecule has 0 radical (unpaired) electrons. The molecule has 1 atom stereocenters. The predicted octanol–water partition coefficient (Wildman–Crippen LogP) is 3.08. The largest absolute Gasteiger partial charge is 0.349 e. The van der Waals surface area contributed by atoms with E-state index >= 15 is 0 Å². The molecule has 0 bridgehead atoms. The van der Waals surface area contributed by atoms with Crippen LogP contribution in [-0.4, -0.2) is 15.9 Å². The van der Waals surface area contributed by atoms with Gasteiger partial charge in [0.15, 0.2) is 0 Å². The first-order valence-corrected chi connectivity index (χ1v) is 7.58. The lowest BCUT2D eigenvalue weighted by atomic mass is 10.1. The number of hydrogen-bond acceptors (Lipinski definition) is 4. The molecule has 1 N–H and O–H groups in total. The monoisotopic (exact) mass is 289 g/mol. The lowest BCUT2D eigenvalue weighted by molar-refractivity contribution is -0.121. The molecule has 0 aliphatic rings. The van der Waals surface area contributed by atoms with E-state index < -0.39 is 0 Å². The van der Waals surface area contributed by atoms with E-state index in [1.54, 1.807) is 23.7 Å². The minimum absolute atomic E-state index is 0.0121. The highest BCUT2D eigenvalue weighted by Gasteiger charge is 2.12. The van der Waals surface area contributed by atoms with Gasteiger partial charge in [0.25, 0.3) is 0 Å². The number of nitrogens with one attached hydrogen (secondary N) is 1. The van der Waals surface area contributed by atoms with Crippen LogP contribution in [0.15, 0.2) is 29.9 Å². The Morgan fingerprint density at radius 2 is 2.20 bits per heavy atom. The molecule has 0 unspecified atom stereocenters. The van der Waals surface area contributed by atoms with Crippen molar-refractivity contribution in [2.45, 2.75) is 39.2 Å². The van der Waals surface area contributed by atoms with Crippen molar-refractivity contribution in [1.82, 2.24) is 15.3 Å². The highest BCUT2D eigenvalue weighted by atomic mass is 32.1. The van der Waals surface area contributed by atoms with Crippen molar-refractivity contribution in [2.75, 3.05) is 0 Å².